The number of guanidine groups is 1. The third-order valence-corrected chi connectivity index (χ3v) is 5.12. The fourth-order valence-corrected chi connectivity index (χ4v) is 3.71. The van der Waals surface area contributed by atoms with Gasteiger partial charge in [-0.1, -0.05) is 13.8 Å². The van der Waals surface area contributed by atoms with Gasteiger partial charge >= 0.3 is 0 Å². The van der Waals surface area contributed by atoms with E-state index in [1.54, 1.807) is 7.11 Å². The first-order valence-corrected chi connectivity index (χ1v) is 10.3. The Labute approximate surface area is 187 Å². The lowest BCUT2D eigenvalue weighted by atomic mass is 10.1. The SMILES string of the molecule is CCNC(=NCc1c(CC)nn(C)c1CC)N1CCC(COCCOC)C1.I. The largest absolute Gasteiger partial charge is 0.382 e. The number of nitrogens with one attached hydrogen (secondary N) is 1. The Hall–Kier alpha value is -0.870. The minimum absolute atomic E-state index is 0. The average molecular weight is 507 g/mol. The molecule has 0 aliphatic carbocycles. The predicted octanol–water partition coefficient (Wildman–Crippen LogP) is 2.61. The van der Waals surface area contributed by atoms with Crippen LogP contribution in [0.5, 0.6) is 0 Å². The van der Waals surface area contributed by atoms with Gasteiger partial charge in [-0.25, -0.2) is 4.99 Å². The summed E-state index contributed by atoms with van der Waals surface area (Å²) >= 11 is 0. The predicted molar refractivity (Wildman–Crippen MR) is 125 cm³/mol. The Balaban J connectivity index is 0.00000392. The van der Waals surface area contributed by atoms with Crippen LogP contribution in [0.15, 0.2) is 4.99 Å². The Morgan fingerprint density at radius 2 is 2.04 bits per heavy atom. The summed E-state index contributed by atoms with van der Waals surface area (Å²) in [6.45, 7) is 12.2. The van der Waals surface area contributed by atoms with Gasteiger partial charge in [-0.15, -0.1) is 24.0 Å². The molecule has 1 aromatic rings. The van der Waals surface area contributed by atoms with Crippen LogP contribution in [-0.2, 0) is 35.9 Å². The maximum atomic E-state index is 5.72. The van der Waals surface area contributed by atoms with E-state index in [0.29, 0.717) is 25.7 Å². The molecule has 1 saturated heterocycles. The van der Waals surface area contributed by atoms with Gasteiger partial charge in [-0.2, -0.15) is 5.10 Å². The van der Waals surface area contributed by atoms with Crippen LogP contribution in [0, 0.1) is 5.92 Å². The number of aromatic nitrogens is 2. The first kappa shape index (κ1) is 25.2. The van der Waals surface area contributed by atoms with Crippen LogP contribution in [0.4, 0.5) is 0 Å². The van der Waals surface area contributed by atoms with Gasteiger partial charge in [0.1, 0.15) is 0 Å². The standard InChI is InChI=1S/C20H37N5O2.HI/c1-6-18-17(19(7-2)24(4)23-18)13-22-20(21-8-3)25-10-9-16(14-25)15-27-12-11-26-5;/h16H,6-15H2,1-5H3,(H,21,22);1H. The van der Waals surface area contributed by atoms with Crippen LogP contribution >= 0.6 is 24.0 Å². The molecule has 1 aliphatic heterocycles. The molecular weight excluding hydrogens is 469 g/mol. The van der Waals surface area contributed by atoms with Crippen LogP contribution in [0.3, 0.4) is 0 Å². The Morgan fingerprint density at radius 3 is 2.68 bits per heavy atom. The average Bonchev–Trinajstić information content (AvgIpc) is 3.26. The Bertz CT molecular complexity index is 606. The maximum absolute atomic E-state index is 5.72. The van der Waals surface area contributed by atoms with Gasteiger partial charge in [0, 0.05) is 51.0 Å². The number of halogens is 1. The first-order valence-electron chi connectivity index (χ1n) is 10.3. The molecule has 0 radical (unpaired) electrons. The monoisotopic (exact) mass is 507 g/mol. The van der Waals surface area contributed by atoms with Crippen LogP contribution < -0.4 is 5.32 Å². The van der Waals surface area contributed by atoms with E-state index in [1.807, 2.05) is 11.7 Å². The summed E-state index contributed by atoms with van der Waals surface area (Å²) in [7, 11) is 3.74. The van der Waals surface area contributed by atoms with E-state index in [4.69, 9.17) is 14.5 Å². The Kier molecular flexibility index (Phi) is 12.0. The molecule has 1 aliphatic rings. The summed E-state index contributed by atoms with van der Waals surface area (Å²) in [6.07, 6.45) is 3.07. The van der Waals surface area contributed by atoms with Crippen LogP contribution in [0.25, 0.3) is 0 Å². The number of rotatable bonds is 10. The molecular formula is C20H38IN5O2. The molecule has 1 N–H and O–H groups in total. The van der Waals surface area contributed by atoms with Crippen molar-refractivity contribution in [2.75, 3.05) is 46.6 Å². The van der Waals surface area contributed by atoms with Gasteiger partial charge < -0.3 is 19.7 Å². The molecule has 0 aromatic carbocycles. The molecule has 0 amide bonds. The molecule has 0 spiro atoms. The fraction of sp³-hybridized carbons (Fsp3) is 0.800. The molecule has 2 heterocycles. The highest BCUT2D eigenvalue weighted by atomic mass is 127. The zero-order valence-electron chi connectivity index (χ0n) is 18.2. The van der Waals surface area contributed by atoms with Gasteiger partial charge in [0.15, 0.2) is 5.96 Å². The number of aliphatic imine (C=N–C) groups is 1. The highest BCUT2D eigenvalue weighted by Gasteiger charge is 2.25. The number of nitrogens with zero attached hydrogens (tertiary/aromatic N) is 4. The summed E-state index contributed by atoms with van der Waals surface area (Å²) in [5, 5.41) is 8.13. The summed E-state index contributed by atoms with van der Waals surface area (Å²) in [4.78, 5) is 7.32. The molecule has 1 unspecified atom stereocenters. The third kappa shape index (κ3) is 6.88. The second-order valence-corrected chi connectivity index (χ2v) is 7.04. The van der Waals surface area contributed by atoms with Crippen LogP contribution in [0.1, 0.15) is 44.1 Å². The zero-order valence-corrected chi connectivity index (χ0v) is 20.5. The minimum Gasteiger partial charge on any atom is -0.382 e. The molecule has 7 nitrogen and oxygen atoms in total. The molecule has 1 aromatic heterocycles. The Morgan fingerprint density at radius 1 is 1.25 bits per heavy atom. The normalized spacial score (nSPS) is 17.1. The molecule has 8 heteroatoms. The molecule has 0 saturated carbocycles. The fourth-order valence-electron chi connectivity index (χ4n) is 3.71. The lowest BCUT2D eigenvalue weighted by Crippen LogP contribution is -2.40. The molecule has 162 valence electrons. The number of hydrogen-bond acceptors (Lipinski definition) is 4. The summed E-state index contributed by atoms with van der Waals surface area (Å²) in [5.41, 5.74) is 3.74. The summed E-state index contributed by atoms with van der Waals surface area (Å²) < 4.78 is 12.8. The summed E-state index contributed by atoms with van der Waals surface area (Å²) in [6, 6.07) is 0. The maximum Gasteiger partial charge on any atom is 0.194 e. The van der Waals surface area contributed by atoms with Crippen molar-refractivity contribution in [2.24, 2.45) is 18.0 Å². The van der Waals surface area contributed by atoms with Crippen molar-refractivity contribution in [3.05, 3.63) is 17.0 Å². The number of hydrogen-bond donors (Lipinski definition) is 1. The topological polar surface area (TPSA) is 63.9 Å². The van der Waals surface area contributed by atoms with E-state index in [9.17, 15) is 0 Å². The lowest BCUT2D eigenvalue weighted by molar-refractivity contribution is 0.0536. The highest BCUT2D eigenvalue weighted by Crippen LogP contribution is 2.19. The van der Waals surface area contributed by atoms with E-state index in [-0.39, 0.29) is 24.0 Å². The van der Waals surface area contributed by atoms with E-state index in [1.165, 1.54) is 17.0 Å². The van der Waals surface area contributed by atoms with Crippen molar-refractivity contribution < 1.29 is 9.47 Å². The van der Waals surface area contributed by atoms with Gasteiger partial charge in [-0.3, -0.25) is 4.68 Å². The van der Waals surface area contributed by atoms with Gasteiger partial charge in [0.05, 0.1) is 32.1 Å². The van der Waals surface area contributed by atoms with E-state index in [2.05, 4.69) is 36.1 Å². The lowest BCUT2D eigenvalue weighted by Gasteiger charge is -2.22. The van der Waals surface area contributed by atoms with Crippen molar-refractivity contribution in [1.82, 2.24) is 20.0 Å². The number of aryl methyl sites for hydroxylation is 2. The number of likely N-dealkylation sites (tertiary alicyclic amines) is 1. The van der Waals surface area contributed by atoms with E-state index in [0.717, 1.165) is 51.5 Å². The molecule has 0 bridgehead atoms. The van der Waals surface area contributed by atoms with E-state index >= 15 is 0 Å². The minimum atomic E-state index is 0. The zero-order chi connectivity index (χ0) is 19.6. The van der Waals surface area contributed by atoms with Crippen LogP contribution in [0.2, 0.25) is 0 Å². The molecule has 1 atom stereocenters. The number of ether oxygens (including phenoxy) is 2. The second kappa shape index (κ2) is 13.4. The van der Waals surface area contributed by atoms with E-state index < -0.39 is 0 Å². The van der Waals surface area contributed by atoms with Crippen LogP contribution in [-0.4, -0.2) is 67.2 Å². The van der Waals surface area contributed by atoms with Crippen molar-refractivity contribution in [3.63, 3.8) is 0 Å². The van der Waals surface area contributed by atoms with Crippen molar-refractivity contribution in [1.29, 1.82) is 0 Å². The van der Waals surface area contributed by atoms with Crippen molar-refractivity contribution in [2.45, 2.75) is 46.6 Å². The third-order valence-electron chi connectivity index (χ3n) is 5.12. The second-order valence-electron chi connectivity index (χ2n) is 7.04. The first-order chi connectivity index (χ1) is 13.1. The molecule has 28 heavy (non-hydrogen) atoms. The highest BCUT2D eigenvalue weighted by molar-refractivity contribution is 14.0. The smallest absolute Gasteiger partial charge is 0.194 e. The van der Waals surface area contributed by atoms with Gasteiger partial charge in [0.25, 0.3) is 0 Å². The number of methoxy groups -OCH3 is 1. The van der Waals surface area contributed by atoms with Crippen molar-refractivity contribution in [3.8, 4) is 0 Å². The quantitative estimate of drug-likeness (QED) is 0.228. The summed E-state index contributed by atoms with van der Waals surface area (Å²) in [5.74, 6) is 1.56. The molecule has 2 rings (SSSR count). The van der Waals surface area contributed by atoms with Gasteiger partial charge in [0.2, 0.25) is 0 Å². The van der Waals surface area contributed by atoms with Gasteiger partial charge in [-0.05, 0) is 26.2 Å². The molecule has 1 fully saturated rings. The van der Waals surface area contributed by atoms with Crippen molar-refractivity contribution >= 4 is 29.9 Å².